The number of carbonyl (C=O) groups excluding carboxylic acids is 3. The second-order valence-electron chi connectivity index (χ2n) is 11.6. The van der Waals surface area contributed by atoms with E-state index in [1.807, 2.05) is 79.7 Å². The van der Waals surface area contributed by atoms with Crippen LogP contribution in [0.1, 0.15) is 42.7 Å². The Balaban J connectivity index is 1.39. The SMILES string of the molecule is Cc1ccc(C(=O)O)cc1NC(=O)C(Sc1cccc(NC(=O)/C(=C\c2ccc(N(C)C)cc2)NC(=O)c2ccccc2)c1)c1ccccc1. The molecule has 0 fully saturated rings. The number of benzene rings is 5. The van der Waals surface area contributed by atoms with E-state index in [0.717, 1.165) is 22.4 Å². The largest absolute Gasteiger partial charge is 0.478 e. The van der Waals surface area contributed by atoms with Crippen molar-refractivity contribution in [3.05, 3.63) is 161 Å². The highest BCUT2D eigenvalue weighted by Gasteiger charge is 2.24. The van der Waals surface area contributed by atoms with Crippen LogP contribution in [0.2, 0.25) is 0 Å². The molecule has 3 amide bonds. The lowest BCUT2D eigenvalue weighted by molar-refractivity contribution is -0.116. The lowest BCUT2D eigenvalue weighted by Gasteiger charge is -2.19. The number of carboxylic acid groups (broad SMARTS) is 1. The quantitative estimate of drug-likeness (QED) is 0.0786. The Kier molecular flexibility index (Phi) is 11.5. The molecule has 0 saturated heterocycles. The van der Waals surface area contributed by atoms with Gasteiger partial charge in [0.15, 0.2) is 0 Å². The molecule has 5 aromatic rings. The molecule has 0 spiro atoms. The Morgan fingerprint density at radius 1 is 0.740 bits per heavy atom. The molecule has 50 heavy (non-hydrogen) atoms. The van der Waals surface area contributed by atoms with Gasteiger partial charge in [-0.2, -0.15) is 0 Å². The predicted octanol–water partition coefficient (Wildman–Crippen LogP) is 7.64. The standard InChI is InChI=1S/C40H36N4O5S/c1-26-17-20-30(40(48)49)24-34(26)42-39(47)36(28-11-6-4-7-12-28)50-33-16-10-15-31(25-33)41-38(46)35(43-37(45)29-13-8-5-9-14-29)23-27-18-21-32(22-19-27)44(2)3/h4-25,36H,1-3H3,(H,41,46)(H,42,47)(H,43,45)(H,48,49)/b35-23+. The third-order valence-corrected chi connectivity index (χ3v) is 8.93. The monoisotopic (exact) mass is 684 g/mol. The van der Waals surface area contributed by atoms with Crippen molar-refractivity contribution in [2.24, 2.45) is 0 Å². The molecule has 0 aliphatic carbocycles. The highest BCUT2D eigenvalue weighted by molar-refractivity contribution is 8.00. The van der Waals surface area contributed by atoms with Gasteiger partial charge in [-0.3, -0.25) is 14.4 Å². The molecular formula is C40H36N4O5S. The van der Waals surface area contributed by atoms with E-state index in [4.69, 9.17) is 0 Å². The third-order valence-electron chi connectivity index (χ3n) is 7.68. The molecule has 1 atom stereocenters. The van der Waals surface area contributed by atoms with Crippen molar-refractivity contribution < 1.29 is 24.3 Å². The maximum atomic E-state index is 13.8. The molecule has 5 rings (SSSR count). The molecule has 10 heteroatoms. The van der Waals surface area contributed by atoms with Gasteiger partial charge in [-0.1, -0.05) is 72.8 Å². The van der Waals surface area contributed by atoms with Crippen LogP contribution in [-0.2, 0) is 9.59 Å². The van der Waals surface area contributed by atoms with Crippen molar-refractivity contribution in [1.82, 2.24) is 5.32 Å². The van der Waals surface area contributed by atoms with Crippen molar-refractivity contribution in [3.63, 3.8) is 0 Å². The Morgan fingerprint density at radius 2 is 1.42 bits per heavy atom. The topological polar surface area (TPSA) is 128 Å². The van der Waals surface area contributed by atoms with E-state index in [9.17, 15) is 24.3 Å². The lowest BCUT2D eigenvalue weighted by atomic mass is 10.1. The third kappa shape index (κ3) is 9.27. The summed E-state index contributed by atoms with van der Waals surface area (Å²) in [6, 6.07) is 37.1. The number of nitrogens with one attached hydrogen (secondary N) is 3. The van der Waals surface area contributed by atoms with E-state index in [-0.39, 0.29) is 17.2 Å². The van der Waals surface area contributed by atoms with E-state index in [1.165, 1.54) is 23.9 Å². The van der Waals surface area contributed by atoms with Crippen molar-refractivity contribution in [3.8, 4) is 0 Å². The highest BCUT2D eigenvalue weighted by Crippen LogP contribution is 2.37. The highest BCUT2D eigenvalue weighted by atomic mass is 32.2. The number of thioether (sulfide) groups is 1. The zero-order valence-electron chi connectivity index (χ0n) is 27.7. The van der Waals surface area contributed by atoms with Crippen LogP contribution in [0.25, 0.3) is 6.08 Å². The normalized spacial score (nSPS) is 11.6. The number of amides is 3. The zero-order chi connectivity index (χ0) is 35.6. The minimum absolute atomic E-state index is 0.0509. The van der Waals surface area contributed by atoms with E-state index in [0.29, 0.717) is 21.8 Å². The average molecular weight is 685 g/mol. The van der Waals surface area contributed by atoms with Crippen LogP contribution in [-0.4, -0.2) is 42.9 Å². The number of nitrogens with zero attached hydrogens (tertiary/aromatic N) is 1. The van der Waals surface area contributed by atoms with Crippen LogP contribution in [0.15, 0.2) is 138 Å². The first kappa shape index (κ1) is 35.2. The minimum Gasteiger partial charge on any atom is -0.478 e. The Bertz CT molecular complexity index is 2030. The van der Waals surface area contributed by atoms with E-state index in [2.05, 4.69) is 16.0 Å². The number of carboxylic acids is 1. The van der Waals surface area contributed by atoms with Crippen molar-refractivity contribution in [1.29, 1.82) is 0 Å². The summed E-state index contributed by atoms with van der Waals surface area (Å²) in [5.41, 5.74) is 4.56. The maximum Gasteiger partial charge on any atom is 0.335 e. The molecular weight excluding hydrogens is 649 g/mol. The van der Waals surface area contributed by atoms with Crippen LogP contribution in [0.5, 0.6) is 0 Å². The molecule has 0 aromatic heterocycles. The lowest BCUT2D eigenvalue weighted by Crippen LogP contribution is -2.30. The molecule has 0 heterocycles. The van der Waals surface area contributed by atoms with Gasteiger partial charge in [-0.15, -0.1) is 11.8 Å². The number of hydrogen-bond acceptors (Lipinski definition) is 6. The maximum absolute atomic E-state index is 13.8. The van der Waals surface area contributed by atoms with Gasteiger partial charge in [0.25, 0.3) is 11.8 Å². The molecule has 0 aliphatic heterocycles. The van der Waals surface area contributed by atoms with Crippen molar-refractivity contribution in [2.45, 2.75) is 17.1 Å². The van der Waals surface area contributed by atoms with Crippen LogP contribution in [0.3, 0.4) is 0 Å². The van der Waals surface area contributed by atoms with Gasteiger partial charge in [0.1, 0.15) is 10.9 Å². The molecule has 1 unspecified atom stereocenters. The number of aromatic carboxylic acids is 1. The van der Waals surface area contributed by atoms with Crippen LogP contribution in [0.4, 0.5) is 17.1 Å². The molecule has 9 nitrogen and oxygen atoms in total. The first-order valence-corrected chi connectivity index (χ1v) is 16.6. The van der Waals surface area contributed by atoms with Crippen LogP contribution in [0, 0.1) is 6.92 Å². The van der Waals surface area contributed by atoms with Gasteiger partial charge in [0, 0.05) is 41.6 Å². The molecule has 0 saturated carbocycles. The summed E-state index contributed by atoms with van der Waals surface area (Å²) in [4.78, 5) is 54.8. The van der Waals surface area contributed by atoms with Gasteiger partial charge in [-0.25, -0.2) is 4.79 Å². The molecule has 0 bridgehead atoms. The van der Waals surface area contributed by atoms with Gasteiger partial charge >= 0.3 is 5.97 Å². The number of carbonyl (C=O) groups is 4. The van der Waals surface area contributed by atoms with E-state index >= 15 is 0 Å². The molecule has 4 N–H and O–H groups in total. The Labute approximate surface area is 295 Å². The summed E-state index contributed by atoms with van der Waals surface area (Å²) in [6.45, 7) is 1.79. The molecule has 0 radical (unpaired) electrons. The second kappa shape index (κ2) is 16.3. The average Bonchev–Trinajstić information content (AvgIpc) is 3.12. The second-order valence-corrected chi connectivity index (χ2v) is 12.8. The number of hydrogen-bond donors (Lipinski definition) is 4. The van der Waals surface area contributed by atoms with E-state index in [1.54, 1.807) is 67.6 Å². The smallest absolute Gasteiger partial charge is 0.335 e. The fourth-order valence-corrected chi connectivity index (χ4v) is 6.03. The Hall–Kier alpha value is -6.13. The number of aryl methyl sites for hydroxylation is 1. The molecule has 252 valence electrons. The van der Waals surface area contributed by atoms with Gasteiger partial charge in [-0.05, 0) is 84.3 Å². The summed E-state index contributed by atoms with van der Waals surface area (Å²) in [5.74, 6) is -2.38. The summed E-state index contributed by atoms with van der Waals surface area (Å²) in [5, 5.41) is 17.3. The molecule has 5 aromatic carbocycles. The minimum atomic E-state index is -1.09. The predicted molar refractivity (Wildman–Crippen MR) is 200 cm³/mol. The number of anilines is 3. The Morgan fingerprint density at radius 3 is 2.08 bits per heavy atom. The van der Waals surface area contributed by atoms with Gasteiger partial charge < -0.3 is 26.0 Å². The first-order valence-electron chi connectivity index (χ1n) is 15.7. The van der Waals surface area contributed by atoms with Gasteiger partial charge in [0.2, 0.25) is 5.91 Å². The number of rotatable bonds is 12. The van der Waals surface area contributed by atoms with Crippen LogP contribution < -0.4 is 20.9 Å². The van der Waals surface area contributed by atoms with Crippen molar-refractivity contribution >= 4 is 58.6 Å². The fourth-order valence-electron chi connectivity index (χ4n) is 4.95. The summed E-state index contributed by atoms with van der Waals surface area (Å²) in [7, 11) is 3.87. The summed E-state index contributed by atoms with van der Waals surface area (Å²) in [6.07, 6.45) is 1.62. The van der Waals surface area contributed by atoms with Crippen LogP contribution >= 0.6 is 11.8 Å². The zero-order valence-corrected chi connectivity index (χ0v) is 28.5. The van der Waals surface area contributed by atoms with Gasteiger partial charge in [0.05, 0.1) is 5.56 Å². The summed E-state index contributed by atoms with van der Waals surface area (Å²) < 4.78 is 0. The fraction of sp³-hybridized carbons (Fsp3) is 0.100. The van der Waals surface area contributed by atoms with Crippen molar-refractivity contribution in [2.75, 3.05) is 29.6 Å². The van der Waals surface area contributed by atoms with E-state index < -0.39 is 23.0 Å². The molecule has 0 aliphatic rings. The first-order chi connectivity index (χ1) is 24.1. The summed E-state index contributed by atoms with van der Waals surface area (Å²) >= 11 is 1.28.